The van der Waals surface area contributed by atoms with Crippen LogP contribution in [0.4, 0.5) is 20.7 Å². The van der Waals surface area contributed by atoms with Crippen molar-refractivity contribution in [3.8, 4) is 5.69 Å². The maximum absolute atomic E-state index is 13.4. The zero-order chi connectivity index (χ0) is 25.0. The maximum Gasteiger partial charge on any atom is 0.322 e. The molecule has 180 valence electrons. The summed E-state index contributed by atoms with van der Waals surface area (Å²) in [6.45, 7) is 7.90. The van der Waals surface area contributed by atoms with Gasteiger partial charge in [-0.25, -0.2) is 13.9 Å². The minimum atomic E-state index is -0.585. The van der Waals surface area contributed by atoms with Crippen LogP contribution in [-0.4, -0.2) is 39.7 Å². The third-order valence-electron chi connectivity index (χ3n) is 4.99. The highest BCUT2D eigenvalue weighted by Gasteiger charge is 2.23. The number of urea groups is 1. The molecule has 0 atom stereocenters. The molecule has 7 nitrogen and oxygen atoms in total. The van der Waals surface area contributed by atoms with E-state index in [0.717, 1.165) is 17.4 Å². The van der Waals surface area contributed by atoms with Gasteiger partial charge < -0.3 is 15.5 Å². The Morgan fingerprint density at radius 1 is 1.06 bits per heavy atom. The number of amides is 3. The summed E-state index contributed by atoms with van der Waals surface area (Å²) in [4.78, 5) is 26.8. The number of hydrogen-bond acceptors (Lipinski definition) is 3. The van der Waals surface area contributed by atoms with Gasteiger partial charge in [-0.05, 0) is 49.4 Å². The van der Waals surface area contributed by atoms with E-state index in [1.807, 2.05) is 26.8 Å². The van der Waals surface area contributed by atoms with Gasteiger partial charge >= 0.3 is 6.03 Å². The highest BCUT2D eigenvalue weighted by molar-refractivity contribution is 6.31. The van der Waals surface area contributed by atoms with Crippen molar-refractivity contribution in [2.75, 3.05) is 23.7 Å². The van der Waals surface area contributed by atoms with Gasteiger partial charge in [-0.3, -0.25) is 4.79 Å². The average molecular weight is 506 g/mol. The number of halogens is 3. The number of carbonyl (C=O) groups is 2. The molecular formula is C24H26Cl2FN5O2. The van der Waals surface area contributed by atoms with Crippen molar-refractivity contribution in [3.63, 3.8) is 0 Å². The van der Waals surface area contributed by atoms with E-state index in [9.17, 15) is 14.0 Å². The Labute approximate surface area is 207 Å². The highest BCUT2D eigenvalue weighted by atomic mass is 35.5. The van der Waals surface area contributed by atoms with Gasteiger partial charge in [0.2, 0.25) is 5.91 Å². The number of hydrogen-bond donors (Lipinski definition) is 2. The zero-order valence-corrected chi connectivity index (χ0v) is 20.8. The van der Waals surface area contributed by atoms with Crippen molar-refractivity contribution in [2.24, 2.45) is 0 Å². The van der Waals surface area contributed by atoms with E-state index >= 15 is 0 Å². The second-order valence-electron chi connectivity index (χ2n) is 8.67. The molecule has 2 N–H and O–H groups in total. The number of aromatic nitrogens is 2. The molecule has 1 heterocycles. The van der Waals surface area contributed by atoms with E-state index in [1.54, 1.807) is 35.9 Å². The van der Waals surface area contributed by atoms with E-state index < -0.39 is 17.8 Å². The summed E-state index contributed by atoms with van der Waals surface area (Å²) in [6.07, 6.45) is 0. The second-order valence-corrected chi connectivity index (χ2v) is 9.52. The first-order chi connectivity index (χ1) is 16.0. The molecular weight excluding hydrogens is 480 g/mol. The fourth-order valence-corrected chi connectivity index (χ4v) is 3.38. The predicted octanol–water partition coefficient (Wildman–Crippen LogP) is 6.11. The van der Waals surface area contributed by atoms with Crippen molar-refractivity contribution < 1.29 is 14.0 Å². The second kappa shape index (κ2) is 10.4. The molecule has 0 fully saturated rings. The Hall–Kier alpha value is -3.10. The monoisotopic (exact) mass is 505 g/mol. The molecule has 0 unspecified atom stereocenters. The molecule has 34 heavy (non-hydrogen) atoms. The summed E-state index contributed by atoms with van der Waals surface area (Å²) in [7, 11) is 0. The minimum Gasteiger partial charge on any atom is -0.315 e. The number of nitrogens with one attached hydrogen (secondary N) is 2. The van der Waals surface area contributed by atoms with Gasteiger partial charge in [0.05, 0.1) is 16.4 Å². The topological polar surface area (TPSA) is 79.3 Å². The molecule has 2 aromatic carbocycles. The molecule has 0 aliphatic rings. The molecule has 0 radical (unpaired) electrons. The van der Waals surface area contributed by atoms with Crippen LogP contribution in [0, 0.1) is 5.82 Å². The van der Waals surface area contributed by atoms with Gasteiger partial charge in [-0.1, -0.05) is 44.0 Å². The van der Waals surface area contributed by atoms with Gasteiger partial charge in [-0.2, -0.15) is 5.10 Å². The average Bonchev–Trinajstić information content (AvgIpc) is 3.19. The molecule has 3 amide bonds. The number of anilines is 2. The Balaban J connectivity index is 1.76. The lowest BCUT2D eigenvalue weighted by molar-refractivity contribution is -0.116. The summed E-state index contributed by atoms with van der Waals surface area (Å²) in [5, 5.41) is 10.6. The van der Waals surface area contributed by atoms with Crippen LogP contribution in [0.3, 0.4) is 0 Å². The molecule has 0 saturated heterocycles. The van der Waals surface area contributed by atoms with Crippen molar-refractivity contribution in [1.29, 1.82) is 0 Å². The fraction of sp³-hybridized carbons (Fsp3) is 0.292. The zero-order valence-electron chi connectivity index (χ0n) is 19.3. The van der Waals surface area contributed by atoms with Gasteiger partial charge in [0.15, 0.2) is 0 Å². The smallest absolute Gasteiger partial charge is 0.315 e. The largest absolute Gasteiger partial charge is 0.322 e. The van der Waals surface area contributed by atoms with Crippen molar-refractivity contribution >= 4 is 46.6 Å². The molecule has 0 aliphatic carbocycles. The molecule has 3 rings (SSSR count). The maximum atomic E-state index is 13.4. The Kier molecular flexibility index (Phi) is 7.84. The van der Waals surface area contributed by atoms with E-state index in [4.69, 9.17) is 23.2 Å². The summed E-state index contributed by atoms with van der Waals surface area (Å²) in [5.74, 6) is -0.512. The molecule has 3 aromatic rings. The van der Waals surface area contributed by atoms with E-state index in [1.165, 1.54) is 17.0 Å². The van der Waals surface area contributed by atoms with Crippen LogP contribution >= 0.6 is 23.2 Å². The van der Waals surface area contributed by atoms with Gasteiger partial charge in [0, 0.05) is 28.7 Å². The lowest BCUT2D eigenvalue weighted by Crippen LogP contribution is -2.40. The molecule has 10 heteroatoms. The third-order valence-corrected chi connectivity index (χ3v) is 5.53. The van der Waals surface area contributed by atoms with Crippen LogP contribution < -0.4 is 10.6 Å². The number of carbonyl (C=O) groups excluding carboxylic acids is 2. The van der Waals surface area contributed by atoms with Crippen molar-refractivity contribution in [1.82, 2.24) is 14.7 Å². The first-order valence-electron chi connectivity index (χ1n) is 10.6. The number of nitrogens with zero attached hydrogens (tertiary/aromatic N) is 3. The van der Waals surface area contributed by atoms with Crippen LogP contribution in [0.25, 0.3) is 5.69 Å². The summed E-state index contributed by atoms with van der Waals surface area (Å²) in [5.41, 5.74) is 1.60. The molecule has 1 aromatic heterocycles. The third kappa shape index (κ3) is 6.27. The van der Waals surface area contributed by atoms with Crippen LogP contribution in [0.15, 0.2) is 48.5 Å². The van der Waals surface area contributed by atoms with Crippen LogP contribution in [0.2, 0.25) is 10.0 Å². The van der Waals surface area contributed by atoms with Gasteiger partial charge in [0.1, 0.15) is 18.2 Å². The van der Waals surface area contributed by atoms with Crippen LogP contribution in [0.5, 0.6) is 0 Å². The van der Waals surface area contributed by atoms with Crippen LogP contribution in [0.1, 0.15) is 33.4 Å². The quantitative estimate of drug-likeness (QED) is 0.424. The van der Waals surface area contributed by atoms with E-state index in [-0.39, 0.29) is 23.5 Å². The molecule has 0 bridgehead atoms. The van der Waals surface area contributed by atoms with Gasteiger partial charge in [0.25, 0.3) is 0 Å². The summed E-state index contributed by atoms with van der Waals surface area (Å²) in [6, 6.07) is 12.2. The predicted molar refractivity (Wildman–Crippen MR) is 134 cm³/mol. The lowest BCUT2D eigenvalue weighted by Gasteiger charge is -2.21. The SMILES string of the molecule is CCN(CC(=O)Nc1cc(C(C)(C)C)nn1-c1ccc(Cl)cc1)C(=O)Nc1ccc(F)c(Cl)c1. The highest BCUT2D eigenvalue weighted by Crippen LogP contribution is 2.27. The molecule has 0 spiro atoms. The van der Waals surface area contributed by atoms with Gasteiger partial charge in [-0.15, -0.1) is 0 Å². The lowest BCUT2D eigenvalue weighted by atomic mass is 9.92. The van der Waals surface area contributed by atoms with E-state index in [2.05, 4.69) is 15.7 Å². The van der Waals surface area contributed by atoms with Crippen molar-refractivity contribution in [2.45, 2.75) is 33.1 Å². The van der Waals surface area contributed by atoms with Crippen molar-refractivity contribution in [3.05, 3.63) is 70.1 Å². The minimum absolute atomic E-state index is 0.108. The Morgan fingerprint density at radius 2 is 1.74 bits per heavy atom. The molecule has 0 aliphatic heterocycles. The molecule has 0 saturated carbocycles. The van der Waals surface area contributed by atoms with E-state index in [0.29, 0.717) is 16.5 Å². The Bertz CT molecular complexity index is 1190. The normalized spacial score (nSPS) is 11.3. The number of likely N-dealkylation sites (N-methyl/N-ethyl adjacent to an activating group) is 1. The first-order valence-corrected chi connectivity index (χ1v) is 11.4. The summed E-state index contributed by atoms with van der Waals surface area (Å²) < 4.78 is 15.0. The fourth-order valence-electron chi connectivity index (χ4n) is 3.08. The Morgan fingerprint density at radius 3 is 2.32 bits per heavy atom. The standard InChI is InChI=1S/C24H26Cl2FN5O2/c1-5-31(23(34)28-16-8-11-19(27)18(26)12-16)14-22(33)29-21-13-20(24(2,3)4)30-32(21)17-9-6-15(25)7-10-17/h6-13H,5,14H2,1-4H3,(H,28,34)(H,29,33). The number of rotatable bonds is 6. The first kappa shape index (κ1) is 25.5. The summed E-state index contributed by atoms with van der Waals surface area (Å²) >= 11 is 11.8. The van der Waals surface area contributed by atoms with Crippen LogP contribution in [-0.2, 0) is 10.2 Å². The number of benzene rings is 2.